The lowest BCUT2D eigenvalue weighted by atomic mass is 10.0. The quantitative estimate of drug-likeness (QED) is 0.660. The van der Waals surface area contributed by atoms with Crippen LogP contribution < -0.4 is 5.73 Å². The van der Waals surface area contributed by atoms with Gasteiger partial charge in [-0.15, -0.1) is 0 Å². The maximum absolute atomic E-state index is 9.64. The number of phenolic OH excluding ortho intramolecular Hbond substituents is 1. The maximum atomic E-state index is 9.64. The highest BCUT2D eigenvalue weighted by Crippen LogP contribution is 2.40. The van der Waals surface area contributed by atoms with Crippen molar-refractivity contribution < 1.29 is 14.4 Å². The highest BCUT2D eigenvalue weighted by Gasteiger charge is 2.40. The molecule has 0 aliphatic heterocycles. The second-order valence-corrected chi connectivity index (χ2v) is 5.10. The molecule has 1 aromatic carbocycles. The van der Waals surface area contributed by atoms with Gasteiger partial charge in [0.1, 0.15) is 11.4 Å². The number of nitrogen functional groups attached to an aromatic ring is 1. The number of nitrogens with zero attached hydrogens (tertiary/aromatic N) is 2. The van der Waals surface area contributed by atoms with Crippen molar-refractivity contribution in [3.63, 3.8) is 0 Å². The van der Waals surface area contributed by atoms with Crippen LogP contribution in [0.3, 0.4) is 0 Å². The predicted octanol–water partition coefficient (Wildman–Crippen LogP) is 2.44. The molecular weight excluding hydrogens is 258 g/mol. The van der Waals surface area contributed by atoms with Gasteiger partial charge >= 0.3 is 0 Å². The van der Waals surface area contributed by atoms with Gasteiger partial charge in [-0.1, -0.05) is 5.16 Å². The SMILES string of the molecule is COC1(c2noc(-c3ccc(N)c(O)c3)n2)CCCC1. The lowest BCUT2D eigenvalue weighted by molar-refractivity contribution is -0.0178. The molecule has 3 N–H and O–H groups in total. The van der Waals surface area contributed by atoms with Crippen molar-refractivity contribution in [3.05, 3.63) is 24.0 Å². The van der Waals surface area contributed by atoms with Gasteiger partial charge in [0, 0.05) is 12.7 Å². The van der Waals surface area contributed by atoms with E-state index in [4.69, 9.17) is 15.0 Å². The number of rotatable bonds is 3. The van der Waals surface area contributed by atoms with Crippen LogP contribution in [0.25, 0.3) is 11.5 Å². The zero-order chi connectivity index (χ0) is 14.2. The predicted molar refractivity (Wildman–Crippen MR) is 73.0 cm³/mol. The first-order valence-corrected chi connectivity index (χ1v) is 6.63. The summed E-state index contributed by atoms with van der Waals surface area (Å²) >= 11 is 0. The van der Waals surface area contributed by atoms with Crippen LogP contribution in [0.4, 0.5) is 5.69 Å². The standard InChI is InChI=1S/C14H17N3O3/c1-19-14(6-2-3-7-14)13-16-12(20-17-13)9-4-5-10(15)11(18)8-9/h4-5,8,18H,2-3,6-7,15H2,1H3. The van der Waals surface area contributed by atoms with Gasteiger partial charge in [0.25, 0.3) is 5.89 Å². The molecule has 1 aromatic heterocycles. The summed E-state index contributed by atoms with van der Waals surface area (Å²) in [6.45, 7) is 0. The first-order valence-electron chi connectivity index (χ1n) is 6.63. The van der Waals surface area contributed by atoms with Crippen molar-refractivity contribution in [2.75, 3.05) is 12.8 Å². The van der Waals surface area contributed by atoms with Crippen molar-refractivity contribution in [1.82, 2.24) is 10.1 Å². The molecule has 1 saturated carbocycles. The lowest BCUT2D eigenvalue weighted by Crippen LogP contribution is -2.25. The number of nitrogens with two attached hydrogens (primary N) is 1. The summed E-state index contributed by atoms with van der Waals surface area (Å²) in [6.07, 6.45) is 3.99. The monoisotopic (exact) mass is 275 g/mol. The first kappa shape index (κ1) is 12.9. The second-order valence-electron chi connectivity index (χ2n) is 5.10. The van der Waals surface area contributed by atoms with E-state index >= 15 is 0 Å². The van der Waals surface area contributed by atoms with E-state index in [2.05, 4.69) is 10.1 Å². The molecule has 1 aliphatic carbocycles. The molecule has 0 bridgehead atoms. The third-order valence-electron chi connectivity index (χ3n) is 3.91. The number of aromatic nitrogens is 2. The minimum Gasteiger partial charge on any atom is -0.506 e. The Bertz CT molecular complexity index is 618. The van der Waals surface area contributed by atoms with Gasteiger partial charge in [-0.2, -0.15) is 4.98 Å². The average Bonchev–Trinajstić information content (AvgIpc) is 3.10. The molecule has 3 rings (SSSR count). The summed E-state index contributed by atoms with van der Waals surface area (Å²) in [6, 6.07) is 4.86. The molecule has 0 amide bonds. The normalized spacial score (nSPS) is 17.4. The second kappa shape index (κ2) is 4.79. The molecule has 1 heterocycles. The number of hydrogen-bond acceptors (Lipinski definition) is 6. The average molecular weight is 275 g/mol. The van der Waals surface area contributed by atoms with Crippen molar-refractivity contribution in [2.45, 2.75) is 31.3 Å². The van der Waals surface area contributed by atoms with Crippen molar-refractivity contribution >= 4 is 5.69 Å². The molecule has 6 heteroatoms. The topological polar surface area (TPSA) is 94.4 Å². The zero-order valence-corrected chi connectivity index (χ0v) is 11.3. The van der Waals surface area contributed by atoms with E-state index in [9.17, 15) is 5.11 Å². The Morgan fingerprint density at radius 1 is 1.35 bits per heavy atom. The van der Waals surface area contributed by atoms with Gasteiger partial charge in [-0.25, -0.2) is 0 Å². The Kier molecular flexibility index (Phi) is 3.10. The lowest BCUT2D eigenvalue weighted by Gasteiger charge is -2.22. The fourth-order valence-corrected chi connectivity index (χ4v) is 2.67. The minimum absolute atomic E-state index is 0.00423. The minimum atomic E-state index is -0.433. The fraction of sp³-hybridized carbons (Fsp3) is 0.429. The molecule has 1 fully saturated rings. The van der Waals surface area contributed by atoms with Crippen LogP contribution in [0.1, 0.15) is 31.5 Å². The maximum Gasteiger partial charge on any atom is 0.258 e. The van der Waals surface area contributed by atoms with Gasteiger partial charge in [-0.3, -0.25) is 0 Å². The smallest absolute Gasteiger partial charge is 0.258 e. The summed E-state index contributed by atoms with van der Waals surface area (Å²) in [5.41, 5.74) is 6.10. The van der Waals surface area contributed by atoms with Gasteiger partial charge in [0.2, 0.25) is 5.82 Å². The number of phenols is 1. The van der Waals surface area contributed by atoms with Crippen LogP contribution in [0.15, 0.2) is 22.7 Å². The third kappa shape index (κ3) is 2.02. The molecule has 2 aromatic rings. The van der Waals surface area contributed by atoms with Gasteiger partial charge in [-0.05, 0) is 43.9 Å². The van der Waals surface area contributed by atoms with E-state index in [1.54, 1.807) is 19.2 Å². The van der Waals surface area contributed by atoms with Crippen LogP contribution in [0.2, 0.25) is 0 Å². The largest absolute Gasteiger partial charge is 0.506 e. The first-order chi connectivity index (χ1) is 9.64. The van der Waals surface area contributed by atoms with E-state index in [1.807, 2.05) is 0 Å². The highest BCUT2D eigenvalue weighted by atomic mass is 16.5. The van der Waals surface area contributed by atoms with Gasteiger partial charge in [0.15, 0.2) is 0 Å². The molecule has 0 saturated heterocycles. The number of aromatic hydroxyl groups is 1. The van der Waals surface area contributed by atoms with Crippen molar-refractivity contribution in [3.8, 4) is 17.2 Å². The van der Waals surface area contributed by atoms with Crippen molar-refractivity contribution in [2.24, 2.45) is 0 Å². The fourth-order valence-electron chi connectivity index (χ4n) is 2.67. The zero-order valence-electron chi connectivity index (χ0n) is 11.3. The van der Waals surface area contributed by atoms with Crippen LogP contribution in [-0.2, 0) is 10.3 Å². The molecule has 106 valence electrons. The van der Waals surface area contributed by atoms with Crippen LogP contribution in [-0.4, -0.2) is 22.4 Å². The van der Waals surface area contributed by atoms with E-state index in [-0.39, 0.29) is 5.75 Å². The Hall–Kier alpha value is -2.08. The third-order valence-corrected chi connectivity index (χ3v) is 3.91. The highest BCUT2D eigenvalue weighted by molar-refractivity contribution is 5.63. The summed E-state index contributed by atoms with van der Waals surface area (Å²) in [5, 5.41) is 13.7. The summed E-state index contributed by atoms with van der Waals surface area (Å²) < 4.78 is 10.9. The molecule has 1 aliphatic rings. The van der Waals surface area contributed by atoms with E-state index in [0.717, 1.165) is 25.7 Å². The summed E-state index contributed by atoms with van der Waals surface area (Å²) in [4.78, 5) is 4.42. The molecule has 0 unspecified atom stereocenters. The number of anilines is 1. The molecule has 0 atom stereocenters. The Morgan fingerprint density at radius 3 is 2.75 bits per heavy atom. The Balaban J connectivity index is 1.95. The van der Waals surface area contributed by atoms with Crippen LogP contribution >= 0.6 is 0 Å². The molecule has 0 radical (unpaired) electrons. The van der Waals surface area contributed by atoms with Gasteiger partial charge in [0.05, 0.1) is 5.69 Å². The summed E-state index contributed by atoms with van der Waals surface area (Å²) in [5.74, 6) is 0.937. The van der Waals surface area contributed by atoms with Crippen molar-refractivity contribution in [1.29, 1.82) is 0 Å². The van der Waals surface area contributed by atoms with Crippen LogP contribution in [0.5, 0.6) is 5.75 Å². The molecule has 6 nitrogen and oxygen atoms in total. The number of methoxy groups -OCH3 is 1. The van der Waals surface area contributed by atoms with E-state index < -0.39 is 5.60 Å². The Morgan fingerprint density at radius 2 is 2.10 bits per heavy atom. The van der Waals surface area contributed by atoms with Gasteiger partial charge < -0.3 is 20.1 Å². The van der Waals surface area contributed by atoms with E-state index in [0.29, 0.717) is 23.0 Å². The molecule has 0 spiro atoms. The molecular formula is C14H17N3O3. The van der Waals surface area contributed by atoms with Crippen LogP contribution in [0, 0.1) is 0 Å². The Labute approximate surface area is 116 Å². The summed E-state index contributed by atoms with van der Waals surface area (Å²) in [7, 11) is 1.68. The number of hydrogen-bond donors (Lipinski definition) is 2. The number of benzene rings is 1. The van der Waals surface area contributed by atoms with E-state index in [1.165, 1.54) is 6.07 Å². The molecule has 20 heavy (non-hydrogen) atoms. The number of ether oxygens (including phenoxy) is 1.